The number of carbonyl (C=O) groups excluding carboxylic acids is 2. The molecule has 0 saturated heterocycles. The van der Waals surface area contributed by atoms with Crippen LogP contribution in [0.4, 0.5) is 11.4 Å². The average Bonchev–Trinajstić information content (AvgIpc) is 3.41. The molecule has 2 aromatic carbocycles. The van der Waals surface area contributed by atoms with Crippen LogP contribution in [0.2, 0.25) is 0 Å². The van der Waals surface area contributed by atoms with Crippen LogP contribution in [-0.2, 0) is 16.2 Å². The summed E-state index contributed by atoms with van der Waals surface area (Å²) in [5.41, 5.74) is 3.42. The van der Waals surface area contributed by atoms with E-state index in [1.54, 1.807) is 92.8 Å². The molecule has 0 bridgehead atoms. The zero-order valence-corrected chi connectivity index (χ0v) is 23.9. The van der Waals surface area contributed by atoms with Crippen molar-refractivity contribution in [3.05, 3.63) is 90.4 Å². The van der Waals surface area contributed by atoms with Crippen molar-refractivity contribution < 1.29 is 28.5 Å². The molecule has 0 unspecified atom stereocenters. The summed E-state index contributed by atoms with van der Waals surface area (Å²) < 4.78 is 23.0. The molecule has 0 aliphatic heterocycles. The van der Waals surface area contributed by atoms with E-state index in [0.29, 0.717) is 69.8 Å². The van der Waals surface area contributed by atoms with Gasteiger partial charge in [-0.2, -0.15) is 0 Å². The Morgan fingerprint density at radius 3 is 1.95 bits per heavy atom. The number of carbonyl (C=O) groups is 2. The number of nitrogens with one attached hydrogen (secondary N) is 2. The number of nitrogens with zero attached hydrogens (tertiary/aromatic N) is 4. The Labute approximate surface area is 247 Å². The first kappa shape index (κ1) is 29.2. The first-order chi connectivity index (χ1) is 21.0. The standard InChI is InChI=1S/C31H30N6O6/c1-40-12-13-43-19-37-28(20-14-21(17-32-16-20)30(38)34-23-4-8-25(41-2)9-5-23)36-27-15-22(18-33-29(27)37)31(39)35-24-6-10-26(42-3)11-7-24/h4-11,14-18H,12-13,19H2,1-3H3,(H,34,38)(H,35,39). The van der Waals surface area contributed by atoms with Gasteiger partial charge in [0.1, 0.15) is 29.6 Å². The molecule has 5 aromatic rings. The number of imidazole rings is 1. The van der Waals surface area contributed by atoms with E-state index >= 15 is 0 Å². The van der Waals surface area contributed by atoms with Crippen molar-refractivity contribution in [1.82, 2.24) is 19.5 Å². The van der Waals surface area contributed by atoms with E-state index in [-0.39, 0.29) is 18.5 Å². The number of anilines is 2. The van der Waals surface area contributed by atoms with Gasteiger partial charge in [-0.1, -0.05) is 0 Å². The third-order valence-electron chi connectivity index (χ3n) is 6.45. The van der Waals surface area contributed by atoms with Crippen molar-refractivity contribution in [2.24, 2.45) is 0 Å². The lowest BCUT2D eigenvalue weighted by atomic mass is 10.2. The molecule has 0 aliphatic rings. The highest BCUT2D eigenvalue weighted by molar-refractivity contribution is 6.06. The van der Waals surface area contributed by atoms with Crippen LogP contribution in [0, 0.1) is 0 Å². The van der Waals surface area contributed by atoms with Gasteiger partial charge in [0.2, 0.25) is 0 Å². The second kappa shape index (κ2) is 13.6. The maximum Gasteiger partial charge on any atom is 0.257 e. The summed E-state index contributed by atoms with van der Waals surface area (Å²) in [6.45, 7) is 0.871. The lowest BCUT2D eigenvalue weighted by Gasteiger charge is -2.11. The summed E-state index contributed by atoms with van der Waals surface area (Å²) in [6.07, 6.45) is 4.56. The number of rotatable bonds is 12. The summed E-state index contributed by atoms with van der Waals surface area (Å²) in [5.74, 6) is 1.16. The van der Waals surface area contributed by atoms with Crippen molar-refractivity contribution >= 4 is 34.4 Å². The predicted octanol–water partition coefficient (Wildman–Crippen LogP) is 4.64. The van der Waals surface area contributed by atoms with E-state index in [1.165, 1.54) is 12.4 Å². The van der Waals surface area contributed by atoms with Crippen LogP contribution in [-0.4, -0.2) is 65.9 Å². The summed E-state index contributed by atoms with van der Waals surface area (Å²) in [5, 5.41) is 5.71. The Balaban J connectivity index is 1.43. The average molecular weight is 583 g/mol. The number of methoxy groups -OCH3 is 3. The SMILES string of the molecule is COCCOCn1c(-c2cncc(C(=O)Nc3ccc(OC)cc3)c2)nc2cc(C(=O)Nc3ccc(OC)cc3)cnc21. The fourth-order valence-electron chi connectivity index (χ4n) is 4.22. The molecular weight excluding hydrogens is 552 g/mol. The molecule has 0 radical (unpaired) electrons. The second-order valence-electron chi connectivity index (χ2n) is 9.29. The number of hydrogen-bond acceptors (Lipinski definition) is 9. The van der Waals surface area contributed by atoms with Crippen LogP contribution in [0.15, 0.2) is 79.3 Å². The molecule has 220 valence electrons. The van der Waals surface area contributed by atoms with E-state index in [9.17, 15) is 9.59 Å². The highest BCUT2D eigenvalue weighted by Gasteiger charge is 2.18. The molecule has 0 atom stereocenters. The normalized spacial score (nSPS) is 10.9. The van der Waals surface area contributed by atoms with Gasteiger partial charge >= 0.3 is 0 Å². The topological polar surface area (TPSA) is 139 Å². The fraction of sp³-hybridized carbons (Fsp3) is 0.194. The van der Waals surface area contributed by atoms with Crippen LogP contribution in [0.5, 0.6) is 11.5 Å². The van der Waals surface area contributed by atoms with Gasteiger partial charge in [0.25, 0.3) is 11.8 Å². The Morgan fingerprint density at radius 2 is 1.37 bits per heavy atom. The predicted molar refractivity (Wildman–Crippen MR) is 160 cm³/mol. The molecule has 43 heavy (non-hydrogen) atoms. The Morgan fingerprint density at radius 1 is 0.767 bits per heavy atom. The molecule has 0 aliphatic carbocycles. The number of ether oxygens (including phenoxy) is 4. The van der Waals surface area contributed by atoms with Gasteiger partial charge in [0.05, 0.1) is 38.6 Å². The van der Waals surface area contributed by atoms with Crippen LogP contribution in [0.3, 0.4) is 0 Å². The summed E-state index contributed by atoms with van der Waals surface area (Å²) in [6, 6.07) is 17.4. The highest BCUT2D eigenvalue weighted by atomic mass is 16.5. The first-order valence-electron chi connectivity index (χ1n) is 13.3. The maximum atomic E-state index is 13.0. The number of benzene rings is 2. The zero-order valence-electron chi connectivity index (χ0n) is 23.9. The molecule has 12 nitrogen and oxygen atoms in total. The van der Waals surface area contributed by atoms with Crippen LogP contribution in [0.1, 0.15) is 20.7 Å². The number of pyridine rings is 2. The minimum Gasteiger partial charge on any atom is -0.497 e. The molecule has 0 saturated carbocycles. The smallest absolute Gasteiger partial charge is 0.257 e. The third kappa shape index (κ3) is 6.94. The fourth-order valence-corrected chi connectivity index (χ4v) is 4.22. The number of aromatic nitrogens is 4. The second-order valence-corrected chi connectivity index (χ2v) is 9.29. The summed E-state index contributed by atoms with van der Waals surface area (Å²) in [7, 11) is 4.75. The lowest BCUT2D eigenvalue weighted by Crippen LogP contribution is -2.13. The van der Waals surface area contributed by atoms with Crippen molar-refractivity contribution in [3.63, 3.8) is 0 Å². The molecule has 3 heterocycles. The van der Waals surface area contributed by atoms with E-state index in [2.05, 4.69) is 20.6 Å². The Kier molecular flexibility index (Phi) is 9.20. The van der Waals surface area contributed by atoms with Gasteiger partial charge in [-0.3, -0.25) is 19.1 Å². The zero-order chi connectivity index (χ0) is 30.2. The molecular formula is C31H30N6O6. The van der Waals surface area contributed by atoms with Gasteiger partial charge < -0.3 is 29.6 Å². The number of amides is 2. The molecule has 5 rings (SSSR count). The van der Waals surface area contributed by atoms with Gasteiger partial charge in [-0.15, -0.1) is 0 Å². The molecule has 12 heteroatoms. The third-order valence-corrected chi connectivity index (χ3v) is 6.45. The van der Waals surface area contributed by atoms with Crippen molar-refractivity contribution in [1.29, 1.82) is 0 Å². The van der Waals surface area contributed by atoms with Crippen LogP contribution in [0.25, 0.3) is 22.6 Å². The molecule has 2 amide bonds. The Bertz CT molecular complexity index is 1720. The summed E-state index contributed by atoms with van der Waals surface area (Å²) >= 11 is 0. The minimum atomic E-state index is -0.342. The van der Waals surface area contributed by atoms with Gasteiger partial charge in [0.15, 0.2) is 5.65 Å². The maximum absolute atomic E-state index is 13.0. The van der Waals surface area contributed by atoms with E-state index in [1.807, 2.05) is 0 Å². The van der Waals surface area contributed by atoms with Crippen LogP contribution >= 0.6 is 0 Å². The van der Waals surface area contributed by atoms with Crippen molar-refractivity contribution in [2.45, 2.75) is 6.73 Å². The molecule has 0 spiro atoms. The summed E-state index contributed by atoms with van der Waals surface area (Å²) in [4.78, 5) is 39.6. The number of hydrogen-bond donors (Lipinski definition) is 2. The van der Waals surface area contributed by atoms with Gasteiger partial charge in [0, 0.05) is 42.6 Å². The highest BCUT2D eigenvalue weighted by Crippen LogP contribution is 2.26. The lowest BCUT2D eigenvalue weighted by molar-refractivity contribution is 0.0363. The van der Waals surface area contributed by atoms with E-state index in [0.717, 1.165) is 0 Å². The van der Waals surface area contributed by atoms with Crippen molar-refractivity contribution in [3.8, 4) is 22.9 Å². The Hall–Kier alpha value is -5.33. The minimum absolute atomic E-state index is 0.113. The van der Waals surface area contributed by atoms with E-state index < -0.39 is 0 Å². The van der Waals surface area contributed by atoms with E-state index in [4.69, 9.17) is 23.9 Å². The van der Waals surface area contributed by atoms with Gasteiger partial charge in [-0.25, -0.2) is 9.97 Å². The molecule has 0 fully saturated rings. The molecule has 3 aromatic heterocycles. The number of fused-ring (bicyclic) bond motifs is 1. The quantitative estimate of drug-likeness (QED) is 0.202. The van der Waals surface area contributed by atoms with Crippen LogP contribution < -0.4 is 20.1 Å². The first-order valence-corrected chi connectivity index (χ1v) is 13.3. The molecule has 2 N–H and O–H groups in total. The largest absolute Gasteiger partial charge is 0.497 e. The van der Waals surface area contributed by atoms with Gasteiger partial charge in [-0.05, 0) is 60.7 Å². The monoisotopic (exact) mass is 582 g/mol. The van der Waals surface area contributed by atoms with Crippen molar-refractivity contribution in [2.75, 3.05) is 45.2 Å².